The summed E-state index contributed by atoms with van der Waals surface area (Å²) < 4.78 is 16.2. The molecule has 1 aliphatic heterocycles. The van der Waals surface area contributed by atoms with E-state index in [1.165, 1.54) is 17.2 Å². The van der Waals surface area contributed by atoms with Crippen molar-refractivity contribution in [2.75, 3.05) is 31.1 Å². The van der Waals surface area contributed by atoms with E-state index in [4.69, 9.17) is 5.11 Å². The summed E-state index contributed by atoms with van der Waals surface area (Å²) in [4.78, 5) is 37.6. The number of carbonyl (C=O) groups is 2. The first-order valence-electron chi connectivity index (χ1n) is 9.16. The van der Waals surface area contributed by atoms with Crippen LogP contribution in [-0.2, 0) is 6.54 Å². The highest BCUT2D eigenvalue weighted by Crippen LogP contribution is 2.26. The molecule has 0 bridgehead atoms. The quantitative estimate of drug-likeness (QED) is 0.831. The number of rotatable bonds is 3. The first-order chi connectivity index (χ1) is 13.3. The highest BCUT2D eigenvalue weighted by Gasteiger charge is 2.24. The highest BCUT2D eigenvalue weighted by atomic mass is 19.1. The van der Waals surface area contributed by atoms with Gasteiger partial charge in [-0.2, -0.15) is 0 Å². The number of nitrogens with zero attached hydrogens (tertiary/aromatic N) is 3. The van der Waals surface area contributed by atoms with Crippen LogP contribution in [0.15, 0.2) is 23.1 Å². The Morgan fingerprint density at radius 1 is 1.11 bits per heavy atom. The van der Waals surface area contributed by atoms with Crippen LogP contribution in [0, 0.1) is 5.82 Å². The van der Waals surface area contributed by atoms with E-state index in [9.17, 15) is 23.9 Å². The van der Waals surface area contributed by atoms with E-state index in [0.29, 0.717) is 25.2 Å². The standard InChI is InChI=1S/C17H18FN3O5.C2H6/c1-2-19-9-11(16(23)24)15(22)10-7-12(18)14(8-13(10)19)20-3-5-21(6-4-20)17(25)26;1-2/h7-9H,2-6H2,1H3,(H,23,24)(H,25,26);1-2H3. The zero-order chi connectivity index (χ0) is 21.0. The Hall–Kier alpha value is -3.10. The minimum absolute atomic E-state index is 0.0113. The van der Waals surface area contributed by atoms with Crippen LogP contribution in [0.1, 0.15) is 31.1 Å². The molecule has 1 aromatic heterocycles. The molecule has 0 aliphatic carbocycles. The number of hydrogen-bond acceptors (Lipinski definition) is 4. The van der Waals surface area contributed by atoms with Crippen LogP contribution < -0.4 is 10.3 Å². The maximum Gasteiger partial charge on any atom is 0.407 e. The van der Waals surface area contributed by atoms with E-state index in [-0.39, 0.29) is 24.2 Å². The third kappa shape index (κ3) is 3.92. The zero-order valence-corrected chi connectivity index (χ0v) is 16.1. The Balaban J connectivity index is 0.00000136. The zero-order valence-electron chi connectivity index (χ0n) is 16.1. The van der Waals surface area contributed by atoms with E-state index in [1.807, 2.05) is 13.8 Å². The molecule has 1 aromatic carbocycles. The third-order valence-electron chi connectivity index (χ3n) is 4.61. The molecule has 0 unspecified atom stereocenters. The molecule has 1 aliphatic rings. The number of carboxylic acids is 1. The van der Waals surface area contributed by atoms with Crippen molar-refractivity contribution in [2.24, 2.45) is 0 Å². The fraction of sp³-hybridized carbons (Fsp3) is 0.421. The van der Waals surface area contributed by atoms with Gasteiger partial charge in [0.15, 0.2) is 0 Å². The monoisotopic (exact) mass is 393 g/mol. The Morgan fingerprint density at radius 3 is 2.21 bits per heavy atom. The summed E-state index contributed by atoms with van der Waals surface area (Å²) in [5.74, 6) is -1.99. The first kappa shape index (κ1) is 21.2. The van der Waals surface area contributed by atoms with Crippen LogP contribution in [0.5, 0.6) is 0 Å². The van der Waals surface area contributed by atoms with Crippen LogP contribution in [0.3, 0.4) is 0 Å². The molecule has 1 amide bonds. The number of halogens is 1. The smallest absolute Gasteiger partial charge is 0.407 e. The Kier molecular flexibility index (Phi) is 6.61. The maximum atomic E-state index is 14.6. The molecule has 3 rings (SSSR count). The second kappa shape index (κ2) is 8.73. The second-order valence-corrected chi connectivity index (χ2v) is 6.04. The fourth-order valence-electron chi connectivity index (χ4n) is 3.19. The van der Waals surface area contributed by atoms with Gasteiger partial charge in [-0.25, -0.2) is 14.0 Å². The van der Waals surface area contributed by atoms with Crippen LogP contribution in [0.2, 0.25) is 0 Å². The molecule has 0 saturated carbocycles. The minimum Gasteiger partial charge on any atom is -0.477 e. The first-order valence-corrected chi connectivity index (χ1v) is 9.16. The molecular formula is C19H24FN3O5. The molecule has 1 saturated heterocycles. The van der Waals surface area contributed by atoms with E-state index in [1.54, 1.807) is 16.4 Å². The number of aryl methyl sites for hydroxylation is 1. The van der Waals surface area contributed by atoms with Gasteiger partial charge in [0.25, 0.3) is 0 Å². The Morgan fingerprint density at radius 2 is 1.71 bits per heavy atom. The van der Waals surface area contributed by atoms with E-state index in [2.05, 4.69) is 0 Å². The Bertz CT molecular complexity index is 949. The molecule has 0 spiro atoms. The van der Waals surface area contributed by atoms with Crippen LogP contribution in [0.4, 0.5) is 14.9 Å². The van der Waals surface area contributed by atoms with Crippen LogP contribution in [0.25, 0.3) is 10.9 Å². The van der Waals surface area contributed by atoms with Gasteiger partial charge in [0.1, 0.15) is 11.4 Å². The van der Waals surface area contributed by atoms with Crippen LogP contribution >= 0.6 is 0 Å². The summed E-state index contributed by atoms with van der Waals surface area (Å²) in [5.41, 5.74) is -0.410. The van der Waals surface area contributed by atoms with Gasteiger partial charge in [0.2, 0.25) is 5.43 Å². The number of amides is 1. The lowest BCUT2D eigenvalue weighted by atomic mass is 10.1. The number of carboxylic acid groups (broad SMARTS) is 2. The van der Waals surface area contributed by atoms with Gasteiger partial charge in [-0.1, -0.05) is 13.8 Å². The van der Waals surface area contributed by atoms with Crippen molar-refractivity contribution in [3.63, 3.8) is 0 Å². The van der Waals surface area contributed by atoms with Crippen molar-refractivity contribution in [3.8, 4) is 0 Å². The number of fused-ring (bicyclic) bond motifs is 1. The van der Waals surface area contributed by atoms with Gasteiger partial charge in [-0.15, -0.1) is 0 Å². The van der Waals surface area contributed by atoms with Gasteiger partial charge in [-0.05, 0) is 19.1 Å². The number of benzene rings is 1. The van der Waals surface area contributed by atoms with Gasteiger partial charge in [0.05, 0.1) is 11.2 Å². The predicted octanol–water partition coefficient (Wildman–Crippen LogP) is 2.68. The SMILES string of the molecule is CC.CCn1cc(C(=O)O)c(=O)c2cc(F)c(N3CCN(C(=O)O)CC3)cc21. The van der Waals surface area contributed by atoms with Crippen molar-refractivity contribution in [2.45, 2.75) is 27.3 Å². The number of aromatic nitrogens is 1. The normalized spacial score (nSPS) is 13.9. The van der Waals surface area contributed by atoms with Gasteiger partial charge >= 0.3 is 12.1 Å². The maximum absolute atomic E-state index is 14.6. The summed E-state index contributed by atoms with van der Waals surface area (Å²) in [7, 11) is 0. The Labute approximate surface area is 161 Å². The molecule has 28 heavy (non-hydrogen) atoms. The van der Waals surface area contributed by atoms with Crippen LogP contribution in [-0.4, -0.2) is 57.9 Å². The number of hydrogen-bond donors (Lipinski definition) is 2. The van der Waals surface area contributed by atoms with E-state index in [0.717, 1.165) is 6.07 Å². The second-order valence-electron chi connectivity index (χ2n) is 6.04. The van der Waals surface area contributed by atoms with Crippen molar-refractivity contribution >= 4 is 28.7 Å². The molecule has 2 N–H and O–H groups in total. The lowest BCUT2D eigenvalue weighted by Gasteiger charge is -2.35. The summed E-state index contributed by atoms with van der Waals surface area (Å²) >= 11 is 0. The molecule has 9 heteroatoms. The molecule has 0 atom stereocenters. The van der Waals surface area contributed by atoms with E-state index >= 15 is 0 Å². The topological polar surface area (TPSA) is 103 Å². The molecule has 8 nitrogen and oxygen atoms in total. The van der Waals surface area contributed by atoms with Gasteiger partial charge in [0, 0.05) is 44.3 Å². The summed E-state index contributed by atoms with van der Waals surface area (Å²) in [6, 6.07) is 2.59. The fourth-order valence-corrected chi connectivity index (χ4v) is 3.19. The molecular weight excluding hydrogens is 369 g/mol. The van der Waals surface area contributed by atoms with Crippen molar-refractivity contribution < 1.29 is 24.2 Å². The molecule has 1 fully saturated rings. The lowest BCUT2D eigenvalue weighted by molar-refractivity contribution is 0.0694. The molecule has 2 aromatic rings. The average molecular weight is 393 g/mol. The van der Waals surface area contributed by atoms with Gasteiger partial charge < -0.3 is 24.6 Å². The predicted molar refractivity (Wildman–Crippen MR) is 104 cm³/mol. The third-order valence-corrected chi connectivity index (χ3v) is 4.61. The minimum atomic E-state index is -1.35. The molecule has 2 heterocycles. The number of anilines is 1. The summed E-state index contributed by atoms with van der Waals surface area (Å²) in [6.45, 7) is 7.38. The largest absolute Gasteiger partial charge is 0.477 e. The average Bonchev–Trinajstić information content (AvgIpc) is 2.69. The van der Waals surface area contributed by atoms with Crippen molar-refractivity contribution in [3.05, 3.63) is 39.9 Å². The van der Waals surface area contributed by atoms with Crippen molar-refractivity contribution in [1.82, 2.24) is 9.47 Å². The summed E-state index contributed by atoms with van der Waals surface area (Å²) in [5, 5.41) is 18.2. The molecule has 152 valence electrons. The number of aromatic carboxylic acids is 1. The number of pyridine rings is 1. The van der Waals surface area contributed by atoms with Gasteiger partial charge in [-0.3, -0.25) is 4.79 Å². The molecule has 0 radical (unpaired) electrons. The number of piperazine rings is 1. The summed E-state index contributed by atoms with van der Waals surface area (Å²) in [6.07, 6.45) is 0.251. The highest BCUT2D eigenvalue weighted by molar-refractivity contribution is 5.93. The lowest BCUT2D eigenvalue weighted by Crippen LogP contribution is -2.48. The van der Waals surface area contributed by atoms with Crippen molar-refractivity contribution in [1.29, 1.82) is 0 Å². The van der Waals surface area contributed by atoms with E-state index < -0.39 is 28.9 Å².